The van der Waals surface area contributed by atoms with Crippen molar-refractivity contribution >= 4 is 29.0 Å². The highest BCUT2D eigenvalue weighted by Crippen LogP contribution is 2.31. The lowest BCUT2D eigenvalue weighted by molar-refractivity contribution is -0.274. The number of urea groups is 1. The van der Waals surface area contributed by atoms with Gasteiger partial charge in [-0.2, -0.15) is 0 Å². The Morgan fingerprint density at radius 3 is 2.39 bits per heavy atom. The summed E-state index contributed by atoms with van der Waals surface area (Å²) in [4.78, 5) is 32.4. The lowest BCUT2D eigenvalue weighted by Crippen LogP contribution is -2.33. The Kier molecular flexibility index (Phi) is 5.91. The van der Waals surface area contributed by atoms with E-state index in [2.05, 4.69) is 15.0 Å². The van der Waals surface area contributed by atoms with E-state index in [4.69, 9.17) is 0 Å². The fourth-order valence-electron chi connectivity index (χ4n) is 3.48. The van der Waals surface area contributed by atoms with E-state index in [0.717, 1.165) is 28.3 Å². The number of alkyl halides is 3. The van der Waals surface area contributed by atoms with E-state index in [0.29, 0.717) is 5.69 Å². The van der Waals surface area contributed by atoms with Crippen LogP contribution in [-0.2, 0) is 11.3 Å². The number of pyridine rings is 1. The summed E-state index contributed by atoms with van der Waals surface area (Å²) in [5, 5.41) is 3.25. The summed E-state index contributed by atoms with van der Waals surface area (Å²) in [5.74, 6) is -0.917. The number of halogens is 3. The van der Waals surface area contributed by atoms with Gasteiger partial charge < -0.3 is 15.0 Å². The molecule has 0 spiro atoms. The van der Waals surface area contributed by atoms with Gasteiger partial charge in [0.25, 0.3) is 5.91 Å². The molecule has 33 heavy (non-hydrogen) atoms. The normalized spacial score (nSPS) is 16.3. The van der Waals surface area contributed by atoms with Gasteiger partial charge in [-0.1, -0.05) is 18.2 Å². The summed E-state index contributed by atoms with van der Waals surface area (Å²) in [6, 6.07) is 14.4. The van der Waals surface area contributed by atoms with E-state index >= 15 is 0 Å². The number of hydrogen-bond acceptors (Lipinski definition) is 5. The van der Waals surface area contributed by atoms with Crippen LogP contribution in [0.1, 0.15) is 12.5 Å². The summed E-state index contributed by atoms with van der Waals surface area (Å²) in [5.41, 5.74) is 2.43. The van der Waals surface area contributed by atoms with Gasteiger partial charge in [-0.05, 0) is 55.0 Å². The first kappa shape index (κ1) is 22.1. The highest BCUT2D eigenvalue weighted by molar-refractivity contribution is 6.21. The van der Waals surface area contributed by atoms with Crippen molar-refractivity contribution in [3.63, 3.8) is 0 Å². The fraction of sp³-hybridized carbons (Fsp3) is 0.174. The van der Waals surface area contributed by atoms with Gasteiger partial charge in [0.1, 0.15) is 11.8 Å². The lowest BCUT2D eigenvalue weighted by Gasteiger charge is -2.21. The van der Waals surface area contributed by atoms with Crippen molar-refractivity contribution in [3.05, 3.63) is 78.6 Å². The van der Waals surface area contributed by atoms with Crippen molar-refractivity contribution in [2.75, 3.05) is 10.2 Å². The molecule has 1 aromatic heterocycles. The molecule has 1 aliphatic rings. The average Bonchev–Trinajstić information content (AvgIpc) is 2.98. The van der Waals surface area contributed by atoms with E-state index in [-0.39, 0.29) is 12.2 Å². The van der Waals surface area contributed by atoms with Crippen LogP contribution in [0.2, 0.25) is 0 Å². The first-order valence-corrected chi connectivity index (χ1v) is 9.98. The second-order valence-corrected chi connectivity index (χ2v) is 7.33. The Balaban J connectivity index is 1.54. The number of benzene rings is 2. The average molecular weight is 456 g/mol. The highest BCUT2D eigenvalue weighted by Gasteiger charge is 2.43. The molecule has 1 unspecified atom stereocenters. The van der Waals surface area contributed by atoms with Crippen LogP contribution >= 0.6 is 0 Å². The number of para-hydroxylation sites is 1. The minimum atomic E-state index is -4.83. The highest BCUT2D eigenvalue weighted by atomic mass is 19.4. The summed E-state index contributed by atoms with van der Waals surface area (Å²) in [7, 11) is 0. The van der Waals surface area contributed by atoms with Gasteiger partial charge in [0.05, 0.1) is 24.1 Å². The molecule has 1 fully saturated rings. The smallest absolute Gasteiger partial charge is 0.406 e. The number of nitrogens with zero attached hydrogens (tertiary/aromatic N) is 3. The number of anilines is 3. The zero-order chi connectivity index (χ0) is 23.6. The molecule has 4 rings (SSSR count). The molecule has 0 aliphatic carbocycles. The number of aromatic nitrogens is 1. The van der Waals surface area contributed by atoms with E-state index < -0.39 is 30.1 Å². The third kappa shape index (κ3) is 4.89. The molecule has 0 bridgehead atoms. The molecule has 1 aliphatic heterocycles. The van der Waals surface area contributed by atoms with Gasteiger partial charge in [0.15, 0.2) is 0 Å². The van der Waals surface area contributed by atoms with Gasteiger partial charge in [-0.3, -0.25) is 9.78 Å². The van der Waals surface area contributed by atoms with Crippen molar-refractivity contribution in [3.8, 4) is 5.75 Å². The van der Waals surface area contributed by atoms with Crippen LogP contribution in [0.3, 0.4) is 0 Å². The Bertz CT molecular complexity index is 1150. The summed E-state index contributed by atoms with van der Waals surface area (Å²) in [6.07, 6.45) is -1.61. The number of amides is 3. The molecular formula is C23H19F3N4O3. The maximum absolute atomic E-state index is 13.1. The Labute approximate surface area is 187 Å². The molecule has 10 heteroatoms. The number of carbonyl (C=O) groups is 2. The number of carbonyl (C=O) groups excluding carboxylic acids is 2. The summed E-state index contributed by atoms with van der Waals surface area (Å²) in [6.45, 7) is 1.74. The molecular weight excluding hydrogens is 437 g/mol. The van der Waals surface area contributed by atoms with E-state index in [1.54, 1.807) is 25.4 Å². The van der Waals surface area contributed by atoms with Crippen LogP contribution in [0.4, 0.5) is 35.0 Å². The lowest BCUT2D eigenvalue weighted by atomic mass is 10.2. The molecule has 3 aromatic rings. The van der Waals surface area contributed by atoms with Crippen LogP contribution in [0.15, 0.2) is 73.1 Å². The number of nitrogens with one attached hydrogen (secondary N) is 1. The molecule has 7 nitrogen and oxygen atoms in total. The van der Waals surface area contributed by atoms with Crippen molar-refractivity contribution in [2.45, 2.75) is 25.9 Å². The van der Waals surface area contributed by atoms with Crippen molar-refractivity contribution < 1.29 is 27.5 Å². The van der Waals surface area contributed by atoms with E-state index in [1.165, 1.54) is 17.0 Å². The minimum Gasteiger partial charge on any atom is -0.406 e. The minimum absolute atomic E-state index is 0.134. The number of imide groups is 1. The molecule has 0 saturated carbocycles. The third-order valence-electron chi connectivity index (χ3n) is 5.12. The first-order chi connectivity index (χ1) is 15.7. The van der Waals surface area contributed by atoms with Crippen molar-refractivity contribution in [2.24, 2.45) is 0 Å². The molecule has 2 aromatic carbocycles. The second-order valence-electron chi connectivity index (χ2n) is 7.33. The zero-order valence-corrected chi connectivity index (χ0v) is 17.4. The van der Waals surface area contributed by atoms with Crippen LogP contribution in [0.25, 0.3) is 0 Å². The predicted molar refractivity (Wildman–Crippen MR) is 115 cm³/mol. The second kappa shape index (κ2) is 8.81. The Morgan fingerprint density at radius 2 is 1.73 bits per heavy atom. The monoisotopic (exact) mass is 456 g/mol. The van der Waals surface area contributed by atoms with E-state index in [1.807, 2.05) is 30.3 Å². The standard InChI is InChI=1S/C23H19F3N4O3/c1-15-21(31)30(18-7-9-19(10-8-18)33-23(24,25)26)22(32)29(15)14-16-11-12-27-13-20(16)28-17-5-3-2-4-6-17/h2-13,15,28H,14H2,1H3. The third-order valence-corrected chi connectivity index (χ3v) is 5.12. The summed E-state index contributed by atoms with van der Waals surface area (Å²) < 4.78 is 41.0. The molecule has 1 saturated heterocycles. The fourth-order valence-corrected chi connectivity index (χ4v) is 3.48. The quantitative estimate of drug-likeness (QED) is 0.524. The van der Waals surface area contributed by atoms with Crippen molar-refractivity contribution in [1.82, 2.24) is 9.88 Å². The SMILES string of the molecule is CC1C(=O)N(c2ccc(OC(F)(F)F)cc2)C(=O)N1Cc1ccncc1Nc1ccccc1. The predicted octanol–water partition coefficient (Wildman–Crippen LogP) is 5.08. The number of ether oxygens (including phenoxy) is 1. The van der Waals surface area contributed by atoms with Crippen molar-refractivity contribution in [1.29, 1.82) is 0 Å². The molecule has 1 N–H and O–H groups in total. The maximum atomic E-state index is 13.1. The van der Waals surface area contributed by atoms with Crippen LogP contribution in [0, 0.1) is 0 Å². The first-order valence-electron chi connectivity index (χ1n) is 9.98. The molecule has 170 valence electrons. The number of hydrogen-bond donors (Lipinski definition) is 1. The van der Waals surface area contributed by atoms with Gasteiger partial charge in [0.2, 0.25) is 0 Å². The number of rotatable bonds is 6. The van der Waals surface area contributed by atoms with Gasteiger partial charge in [-0.15, -0.1) is 13.2 Å². The molecule has 0 radical (unpaired) electrons. The van der Waals surface area contributed by atoms with Crippen LogP contribution in [-0.4, -0.2) is 34.2 Å². The topological polar surface area (TPSA) is 74.8 Å². The van der Waals surface area contributed by atoms with Gasteiger partial charge in [-0.25, -0.2) is 9.69 Å². The molecule has 2 heterocycles. The van der Waals surface area contributed by atoms with E-state index in [9.17, 15) is 22.8 Å². The van der Waals surface area contributed by atoms with Gasteiger partial charge in [0, 0.05) is 11.9 Å². The largest absolute Gasteiger partial charge is 0.573 e. The molecule has 1 atom stereocenters. The molecule has 3 amide bonds. The zero-order valence-electron chi connectivity index (χ0n) is 17.4. The van der Waals surface area contributed by atoms with Crippen LogP contribution < -0.4 is 15.0 Å². The summed E-state index contributed by atoms with van der Waals surface area (Å²) >= 11 is 0. The van der Waals surface area contributed by atoms with Gasteiger partial charge >= 0.3 is 12.4 Å². The Morgan fingerprint density at radius 1 is 1.03 bits per heavy atom. The Hall–Kier alpha value is -4.08. The maximum Gasteiger partial charge on any atom is 0.573 e. The van der Waals surface area contributed by atoms with Crippen LogP contribution in [0.5, 0.6) is 5.75 Å².